The topological polar surface area (TPSA) is 72.7 Å². The first-order valence-corrected chi connectivity index (χ1v) is 7.65. The van der Waals surface area contributed by atoms with E-state index in [1.807, 2.05) is 32.0 Å². The predicted molar refractivity (Wildman–Crippen MR) is 93.7 cm³/mol. The summed E-state index contributed by atoms with van der Waals surface area (Å²) >= 11 is 0. The third-order valence-electron chi connectivity index (χ3n) is 3.73. The van der Waals surface area contributed by atoms with Crippen LogP contribution in [0.5, 0.6) is 0 Å². The molecule has 6 nitrogen and oxygen atoms in total. The van der Waals surface area contributed by atoms with Crippen molar-refractivity contribution < 1.29 is 4.79 Å². The highest BCUT2D eigenvalue weighted by molar-refractivity contribution is 6.05. The molecule has 0 bridgehead atoms. The minimum absolute atomic E-state index is 0.210. The number of amides is 1. The maximum absolute atomic E-state index is 12.2. The van der Waals surface area contributed by atoms with E-state index in [1.54, 1.807) is 24.1 Å². The molecule has 0 atom stereocenters. The van der Waals surface area contributed by atoms with Crippen LogP contribution in [0.2, 0.25) is 0 Å². The highest BCUT2D eigenvalue weighted by atomic mass is 16.1. The van der Waals surface area contributed by atoms with Crippen LogP contribution in [-0.2, 0) is 6.54 Å². The molecule has 0 saturated carbocycles. The van der Waals surface area contributed by atoms with Gasteiger partial charge in [0, 0.05) is 30.4 Å². The number of aryl methyl sites for hydroxylation is 1. The molecule has 1 N–H and O–H groups in total. The van der Waals surface area contributed by atoms with Crippen molar-refractivity contribution in [3.05, 3.63) is 54.3 Å². The lowest BCUT2D eigenvalue weighted by Crippen LogP contribution is -2.19. The van der Waals surface area contributed by atoms with E-state index >= 15 is 0 Å². The van der Waals surface area contributed by atoms with E-state index in [9.17, 15) is 4.79 Å². The van der Waals surface area contributed by atoms with Crippen molar-refractivity contribution in [3.63, 3.8) is 0 Å². The first-order valence-electron chi connectivity index (χ1n) is 7.65. The van der Waals surface area contributed by atoms with E-state index in [-0.39, 0.29) is 5.91 Å². The van der Waals surface area contributed by atoms with Gasteiger partial charge in [-0.15, -0.1) is 0 Å². The second-order valence-electron chi connectivity index (χ2n) is 5.79. The van der Waals surface area contributed by atoms with E-state index in [1.165, 1.54) is 0 Å². The fourth-order valence-electron chi connectivity index (χ4n) is 2.56. The molecule has 0 aliphatic carbocycles. The first kappa shape index (κ1) is 15.9. The number of benzene rings is 1. The summed E-state index contributed by atoms with van der Waals surface area (Å²) < 4.78 is 1.80. The Kier molecular flexibility index (Phi) is 4.12. The molecular weight excluding hydrogens is 302 g/mol. The zero-order valence-corrected chi connectivity index (χ0v) is 14.0. The number of nitrogens with zero attached hydrogens (tertiary/aromatic N) is 4. The third kappa shape index (κ3) is 2.90. The van der Waals surface area contributed by atoms with Crippen LogP contribution in [0.3, 0.4) is 0 Å². The molecule has 0 aliphatic rings. The summed E-state index contributed by atoms with van der Waals surface area (Å²) in [4.78, 5) is 20.6. The molecular formula is C18H19N5O. The molecule has 1 aromatic carbocycles. The van der Waals surface area contributed by atoms with Crippen LogP contribution < -0.4 is 5.32 Å². The van der Waals surface area contributed by atoms with Crippen LogP contribution in [0.4, 0.5) is 0 Å². The van der Waals surface area contributed by atoms with Crippen molar-refractivity contribution in [2.75, 3.05) is 7.05 Å². The molecule has 2 aromatic heterocycles. The van der Waals surface area contributed by atoms with Crippen molar-refractivity contribution in [3.8, 4) is 11.1 Å². The predicted octanol–water partition coefficient (Wildman–Crippen LogP) is 2.74. The van der Waals surface area contributed by atoms with Crippen LogP contribution in [0.1, 0.15) is 23.2 Å². The van der Waals surface area contributed by atoms with Gasteiger partial charge < -0.3 is 5.32 Å². The lowest BCUT2D eigenvalue weighted by molar-refractivity contribution is 0.0959. The monoisotopic (exact) mass is 321 g/mol. The van der Waals surface area contributed by atoms with Crippen molar-refractivity contribution in [1.82, 2.24) is 25.1 Å². The smallest absolute Gasteiger partial charge is 0.272 e. The largest absolute Gasteiger partial charge is 0.354 e. The number of carbonyl (C=O) groups is 1. The van der Waals surface area contributed by atoms with Crippen LogP contribution in [0.25, 0.3) is 22.0 Å². The summed E-state index contributed by atoms with van der Waals surface area (Å²) in [6.07, 6.45) is 3.56. The van der Waals surface area contributed by atoms with Gasteiger partial charge in [0.05, 0.1) is 12.1 Å². The zero-order chi connectivity index (χ0) is 17.3. The van der Waals surface area contributed by atoms with Gasteiger partial charge in [-0.3, -0.25) is 9.48 Å². The molecule has 0 spiro atoms. The standard InChI is InChI=1S/C18H19N5O/c1-11(2)10-23-16-6-5-13(14-8-20-12(3)21-9-14)7-15(16)17(22-23)18(24)19-4/h5-9H,1,10H2,2-4H3,(H,19,24). The number of rotatable bonds is 4. The second-order valence-corrected chi connectivity index (χ2v) is 5.79. The molecule has 24 heavy (non-hydrogen) atoms. The molecule has 3 aromatic rings. The number of hydrogen-bond acceptors (Lipinski definition) is 4. The fourth-order valence-corrected chi connectivity index (χ4v) is 2.56. The number of hydrogen-bond donors (Lipinski definition) is 1. The molecule has 0 fully saturated rings. The Morgan fingerprint density at radius 1 is 1.25 bits per heavy atom. The van der Waals surface area contributed by atoms with E-state index in [0.717, 1.165) is 33.4 Å². The Bertz CT molecular complexity index is 924. The molecule has 2 heterocycles. The molecule has 0 unspecified atom stereocenters. The SMILES string of the molecule is C=C(C)Cn1nc(C(=O)NC)c2cc(-c3cnc(C)nc3)ccc21. The first-order chi connectivity index (χ1) is 11.5. The maximum atomic E-state index is 12.2. The van der Waals surface area contributed by atoms with Crippen molar-refractivity contribution in [2.45, 2.75) is 20.4 Å². The summed E-state index contributed by atoms with van der Waals surface area (Å²) in [5.41, 5.74) is 4.12. The van der Waals surface area contributed by atoms with E-state index < -0.39 is 0 Å². The van der Waals surface area contributed by atoms with Gasteiger partial charge in [-0.2, -0.15) is 5.10 Å². The zero-order valence-electron chi connectivity index (χ0n) is 14.0. The van der Waals surface area contributed by atoms with Crippen molar-refractivity contribution >= 4 is 16.8 Å². The summed E-state index contributed by atoms with van der Waals surface area (Å²) in [5, 5.41) is 7.91. The number of allylic oxidation sites excluding steroid dienone is 1. The minimum Gasteiger partial charge on any atom is -0.354 e. The number of aromatic nitrogens is 4. The molecule has 0 aliphatic heterocycles. The van der Waals surface area contributed by atoms with Gasteiger partial charge >= 0.3 is 0 Å². The molecule has 122 valence electrons. The summed E-state index contributed by atoms with van der Waals surface area (Å²) in [5.74, 6) is 0.512. The molecule has 1 amide bonds. The van der Waals surface area contributed by atoms with E-state index in [4.69, 9.17) is 0 Å². The van der Waals surface area contributed by atoms with Gasteiger partial charge in [-0.25, -0.2) is 9.97 Å². The van der Waals surface area contributed by atoms with Gasteiger partial charge in [-0.05, 0) is 31.5 Å². The van der Waals surface area contributed by atoms with Crippen LogP contribution in [0, 0.1) is 6.92 Å². The van der Waals surface area contributed by atoms with Crippen LogP contribution in [0.15, 0.2) is 42.7 Å². The average Bonchev–Trinajstić information content (AvgIpc) is 2.92. The van der Waals surface area contributed by atoms with Gasteiger partial charge in [0.15, 0.2) is 5.69 Å². The molecule has 0 radical (unpaired) electrons. The summed E-state index contributed by atoms with van der Waals surface area (Å²) in [7, 11) is 1.60. The van der Waals surface area contributed by atoms with Crippen LogP contribution in [-0.4, -0.2) is 32.7 Å². The Balaban J connectivity index is 2.18. The Morgan fingerprint density at radius 2 is 1.96 bits per heavy atom. The van der Waals surface area contributed by atoms with Crippen molar-refractivity contribution in [2.24, 2.45) is 0 Å². The summed E-state index contributed by atoms with van der Waals surface area (Å²) in [6.45, 7) is 8.28. The van der Waals surface area contributed by atoms with Gasteiger partial charge in [0.25, 0.3) is 5.91 Å². The fraction of sp³-hybridized carbons (Fsp3) is 0.222. The van der Waals surface area contributed by atoms with Gasteiger partial charge in [-0.1, -0.05) is 18.2 Å². The number of carbonyl (C=O) groups excluding carboxylic acids is 1. The van der Waals surface area contributed by atoms with Crippen molar-refractivity contribution in [1.29, 1.82) is 0 Å². The third-order valence-corrected chi connectivity index (χ3v) is 3.73. The highest BCUT2D eigenvalue weighted by Crippen LogP contribution is 2.26. The van der Waals surface area contributed by atoms with Gasteiger partial charge in [0.1, 0.15) is 5.82 Å². The number of nitrogens with one attached hydrogen (secondary N) is 1. The van der Waals surface area contributed by atoms with Crippen LogP contribution >= 0.6 is 0 Å². The Labute approximate surface area is 140 Å². The van der Waals surface area contributed by atoms with E-state index in [2.05, 4.69) is 27.0 Å². The lowest BCUT2D eigenvalue weighted by Gasteiger charge is -2.04. The maximum Gasteiger partial charge on any atom is 0.272 e. The molecule has 3 rings (SSSR count). The normalized spacial score (nSPS) is 10.8. The molecule has 6 heteroatoms. The van der Waals surface area contributed by atoms with Gasteiger partial charge in [0.2, 0.25) is 0 Å². The average molecular weight is 321 g/mol. The Hall–Kier alpha value is -3.02. The second kappa shape index (κ2) is 6.23. The lowest BCUT2D eigenvalue weighted by atomic mass is 10.1. The highest BCUT2D eigenvalue weighted by Gasteiger charge is 2.17. The van der Waals surface area contributed by atoms with E-state index in [0.29, 0.717) is 12.2 Å². The Morgan fingerprint density at radius 3 is 2.58 bits per heavy atom. The quantitative estimate of drug-likeness (QED) is 0.750. The number of fused-ring (bicyclic) bond motifs is 1. The molecule has 0 saturated heterocycles. The minimum atomic E-state index is -0.210. The summed E-state index contributed by atoms with van der Waals surface area (Å²) in [6, 6.07) is 5.91.